The summed E-state index contributed by atoms with van der Waals surface area (Å²) in [6, 6.07) is 4.52. The molecule has 0 atom stereocenters. The third kappa shape index (κ3) is 0.962. The van der Waals surface area contributed by atoms with Gasteiger partial charge in [-0.15, -0.1) is 0 Å². The summed E-state index contributed by atoms with van der Waals surface area (Å²) in [6.45, 7) is 0. The average Bonchev–Trinajstić information content (AvgIpc) is 2.70. The topological polar surface area (TPSA) is 13.1 Å². The van der Waals surface area contributed by atoms with Crippen molar-refractivity contribution in [2.24, 2.45) is 0 Å². The van der Waals surface area contributed by atoms with Gasteiger partial charge in [-0.2, -0.15) is 0 Å². The SMILES string of the molecule is [2H]c1cc2oc3c([2H])c([2H])ccc3c2c(Cl)c1[2H]. The number of benzene rings is 2. The molecule has 3 rings (SSSR count). The molecule has 1 heterocycles. The lowest BCUT2D eigenvalue weighted by Gasteiger charge is -1.91. The van der Waals surface area contributed by atoms with Crippen molar-refractivity contribution in [3.63, 3.8) is 0 Å². The van der Waals surface area contributed by atoms with Crippen LogP contribution in [0, 0.1) is 0 Å². The Kier molecular flexibility index (Phi) is 0.956. The van der Waals surface area contributed by atoms with Gasteiger partial charge in [-0.3, -0.25) is 0 Å². The van der Waals surface area contributed by atoms with Crippen LogP contribution in [0.15, 0.2) is 46.8 Å². The van der Waals surface area contributed by atoms with E-state index < -0.39 is 0 Å². The van der Waals surface area contributed by atoms with E-state index in [2.05, 4.69) is 0 Å². The molecular weight excluding hydrogens is 196 g/mol. The molecule has 0 amide bonds. The van der Waals surface area contributed by atoms with E-state index in [-0.39, 0.29) is 34.8 Å². The minimum atomic E-state index is -0.0617. The van der Waals surface area contributed by atoms with E-state index in [4.69, 9.17) is 21.5 Å². The van der Waals surface area contributed by atoms with E-state index >= 15 is 0 Å². The first-order chi connectivity index (χ1) is 8.50. The Morgan fingerprint density at radius 1 is 1.14 bits per heavy atom. The van der Waals surface area contributed by atoms with Crippen LogP contribution in [-0.2, 0) is 0 Å². The van der Waals surface area contributed by atoms with Crippen LogP contribution >= 0.6 is 11.6 Å². The van der Waals surface area contributed by atoms with Crippen LogP contribution in [0.2, 0.25) is 5.02 Å². The van der Waals surface area contributed by atoms with Crippen LogP contribution in [0.1, 0.15) is 5.48 Å². The van der Waals surface area contributed by atoms with Crippen LogP contribution in [0.5, 0.6) is 0 Å². The molecule has 0 aliphatic heterocycles. The second-order valence-corrected chi connectivity index (χ2v) is 3.29. The Balaban J connectivity index is 2.60. The van der Waals surface area contributed by atoms with Crippen LogP contribution in [-0.4, -0.2) is 0 Å². The van der Waals surface area contributed by atoms with Crippen molar-refractivity contribution in [2.75, 3.05) is 0 Å². The number of rotatable bonds is 0. The molecule has 0 radical (unpaired) electrons. The van der Waals surface area contributed by atoms with Crippen molar-refractivity contribution in [2.45, 2.75) is 0 Å². The largest absolute Gasteiger partial charge is 0.456 e. The van der Waals surface area contributed by atoms with Crippen molar-refractivity contribution in [3.05, 3.63) is 47.4 Å². The molecule has 2 heteroatoms. The van der Waals surface area contributed by atoms with E-state index in [0.29, 0.717) is 16.4 Å². The highest BCUT2D eigenvalue weighted by atomic mass is 35.5. The van der Waals surface area contributed by atoms with E-state index in [0.717, 1.165) is 0 Å². The van der Waals surface area contributed by atoms with E-state index in [1.807, 2.05) is 0 Å². The Bertz CT molecular complexity index is 794. The minimum Gasteiger partial charge on any atom is -0.456 e. The maximum absolute atomic E-state index is 7.78. The van der Waals surface area contributed by atoms with Crippen LogP contribution < -0.4 is 0 Å². The average molecular weight is 207 g/mol. The summed E-state index contributed by atoms with van der Waals surface area (Å²) >= 11 is 6.07. The molecule has 0 fully saturated rings. The lowest BCUT2D eigenvalue weighted by molar-refractivity contribution is 0.669. The fourth-order valence-electron chi connectivity index (χ4n) is 1.50. The quantitative estimate of drug-likeness (QED) is 0.536. The fourth-order valence-corrected chi connectivity index (χ4v) is 1.75. The summed E-state index contributed by atoms with van der Waals surface area (Å²) in [5, 5.41) is 1.28. The molecule has 0 saturated carbocycles. The van der Waals surface area contributed by atoms with Crippen molar-refractivity contribution in [3.8, 4) is 0 Å². The third-order valence-corrected chi connectivity index (χ3v) is 2.38. The van der Waals surface area contributed by atoms with Gasteiger partial charge in [-0.05, 0) is 18.2 Å². The van der Waals surface area contributed by atoms with E-state index in [1.54, 1.807) is 6.07 Å². The van der Waals surface area contributed by atoms with E-state index in [1.165, 1.54) is 12.1 Å². The molecule has 3 aromatic rings. The highest BCUT2D eigenvalue weighted by Crippen LogP contribution is 2.33. The Labute approximate surface area is 91.5 Å². The normalized spacial score (nSPS) is 15.2. The van der Waals surface area contributed by atoms with Gasteiger partial charge in [0.25, 0.3) is 0 Å². The monoisotopic (exact) mass is 206 g/mol. The smallest absolute Gasteiger partial charge is 0.136 e. The predicted octanol–water partition coefficient (Wildman–Crippen LogP) is 4.24. The molecular formula is C12H7ClO. The van der Waals surface area contributed by atoms with Crippen LogP contribution in [0.4, 0.5) is 0 Å². The molecule has 14 heavy (non-hydrogen) atoms. The first-order valence-electron chi connectivity index (χ1n) is 6.09. The van der Waals surface area contributed by atoms with Crippen molar-refractivity contribution >= 4 is 33.5 Å². The summed E-state index contributed by atoms with van der Waals surface area (Å²) in [7, 11) is 0. The highest BCUT2D eigenvalue weighted by molar-refractivity contribution is 6.37. The van der Waals surface area contributed by atoms with Gasteiger partial charge in [0.15, 0.2) is 0 Å². The summed E-state index contributed by atoms with van der Waals surface area (Å²) in [6.07, 6.45) is 0. The molecule has 0 aliphatic carbocycles. The molecule has 0 spiro atoms. The lowest BCUT2D eigenvalue weighted by atomic mass is 10.1. The highest BCUT2D eigenvalue weighted by Gasteiger charge is 2.07. The number of halogens is 1. The van der Waals surface area contributed by atoms with Crippen molar-refractivity contribution in [1.29, 1.82) is 0 Å². The van der Waals surface area contributed by atoms with Crippen molar-refractivity contribution in [1.82, 2.24) is 0 Å². The van der Waals surface area contributed by atoms with Crippen molar-refractivity contribution < 1.29 is 9.90 Å². The predicted molar refractivity (Wildman–Crippen MR) is 58.7 cm³/mol. The van der Waals surface area contributed by atoms with Gasteiger partial charge in [0, 0.05) is 10.8 Å². The number of hydrogen-bond acceptors (Lipinski definition) is 1. The van der Waals surface area contributed by atoms with Gasteiger partial charge in [0.1, 0.15) is 11.2 Å². The molecule has 68 valence electrons. The van der Waals surface area contributed by atoms with Gasteiger partial charge in [-0.25, -0.2) is 0 Å². The zero-order valence-electron chi connectivity index (χ0n) is 11.0. The number of fused-ring (bicyclic) bond motifs is 3. The van der Waals surface area contributed by atoms with Gasteiger partial charge < -0.3 is 4.42 Å². The Hall–Kier alpha value is -1.47. The molecule has 0 bridgehead atoms. The lowest BCUT2D eigenvalue weighted by Crippen LogP contribution is -1.67. The number of furan rings is 1. The molecule has 1 nitrogen and oxygen atoms in total. The second kappa shape index (κ2) is 2.76. The molecule has 0 unspecified atom stereocenters. The van der Waals surface area contributed by atoms with Gasteiger partial charge in [0.05, 0.1) is 10.5 Å². The molecule has 0 aliphatic rings. The third-order valence-electron chi connectivity index (χ3n) is 2.10. The number of hydrogen-bond donors (Lipinski definition) is 0. The second-order valence-electron chi connectivity index (χ2n) is 2.91. The van der Waals surface area contributed by atoms with E-state index in [9.17, 15) is 0 Å². The maximum Gasteiger partial charge on any atom is 0.136 e. The van der Waals surface area contributed by atoms with Gasteiger partial charge in [-0.1, -0.05) is 35.8 Å². The first kappa shape index (κ1) is 4.85. The Morgan fingerprint density at radius 2 is 2.07 bits per heavy atom. The van der Waals surface area contributed by atoms with Gasteiger partial charge in [0.2, 0.25) is 0 Å². The molecule has 0 N–H and O–H groups in total. The van der Waals surface area contributed by atoms with Gasteiger partial charge >= 0.3 is 0 Å². The first-order valence-corrected chi connectivity index (χ1v) is 4.46. The summed E-state index contributed by atoms with van der Waals surface area (Å²) < 4.78 is 36.1. The molecule has 1 aromatic heterocycles. The zero-order valence-corrected chi connectivity index (χ0v) is 7.77. The molecule has 2 aromatic carbocycles. The summed E-state index contributed by atoms with van der Waals surface area (Å²) in [4.78, 5) is 0. The minimum absolute atomic E-state index is 0.0159. The maximum atomic E-state index is 7.78. The number of para-hydroxylation sites is 1. The van der Waals surface area contributed by atoms with Crippen LogP contribution in [0.25, 0.3) is 21.9 Å². The zero-order chi connectivity index (χ0) is 13.0. The Morgan fingerprint density at radius 3 is 3.00 bits per heavy atom. The summed E-state index contributed by atoms with van der Waals surface area (Å²) in [5.74, 6) is 0. The fraction of sp³-hybridized carbons (Fsp3) is 0. The standard InChI is InChI=1S/C12H7ClO/c13-9-5-3-7-11-12(9)8-4-1-2-6-10(8)14-11/h1-7H/i2D,3D,5D,6D. The summed E-state index contributed by atoms with van der Waals surface area (Å²) in [5.41, 5.74) is 0.638. The van der Waals surface area contributed by atoms with Crippen LogP contribution in [0.3, 0.4) is 0 Å². The molecule has 0 saturated heterocycles.